The van der Waals surface area contributed by atoms with Crippen LogP contribution in [0.5, 0.6) is 0 Å². The number of rotatable bonds is 7. The summed E-state index contributed by atoms with van der Waals surface area (Å²) in [4.78, 5) is 23.4. The minimum atomic E-state index is -0.703. The maximum absolute atomic E-state index is 12.1. The molecule has 1 aliphatic carbocycles. The van der Waals surface area contributed by atoms with Crippen molar-refractivity contribution < 1.29 is 14.7 Å². The molecule has 0 bridgehead atoms. The minimum absolute atomic E-state index is 0.0236. The average Bonchev–Trinajstić information content (AvgIpc) is 2.44. The van der Waals surface area contributed by atoms with Gasteiger partial charge in [-0.15, -0.1) is 0 Å². The second kappa shape index (κ2) is 7.78. The van der Waals surface area contributed by atoms with Crippen molar-refractivity contribution in [3.8, 4) is 0 Å². The second-order valence-corrected chi connectivity index (χ2v) is 6.85. The normalized spacial score (nSPS) is 24.4. The summed E-state index contributed by atoms with van der Waals surface area (Å²) in [6.45, 7) is 8.47. The number of nitrogens with one attached hydrogen (secondary N) is 2. The number of carbonyl (C=O) groups is 2. The van der Waals surface area contributed by atoms with Crippen LogP contribution in [0.25, 0.3) is 0 Å². The van der Waals surface area contributed by atoms with Crippen molar-refractivity contribution in [3.05, 3.63) is 0 Å². The van der Waals surface area contributed by atoms with Gasteiger partial charge in [0.15, 0.2) is 0 Å². The third-order valence-corrected chi connectivity index (χ3v) is 4.65. The Hall–Kier alpha value is -1.10. The summed E-state index contributed by atoms with van der Waals surface area (Å²) in [5.41, 5.74) is -0.207. The van der Waals surface area contributed by atoms with Gasteiger partial charge >= 0.3 is 5.97 Å². The summed E-state index contributed by atoms with van der Waals surface area (Å²) < 4.78 is 0. The first-order valence-electron chi connectivity index (χ1n) is 8.05. The van der Waals surface area contributed by atoms with Gasteiger partial charge in [-0.25, -0.2) is 0 Å². The maximum Gasteiger partial charge on any atom is 0.306 e. The van der Waals surface area contributed by atoms with E-state index in [0.717, 1.165) is 32.1 Å². The molecule has 1 aliphatic rings. The largest absolute Gasteiger partial charge is 0.481 e. The van der Waals surface area contributed by atoms with Crippen molar-refractivity contribution in [1.29, 1.82) is 0 Å². The van der Waals surface area contributed by atoms with E-state index in [2.05, 4.69) is 10.6 Å². The highest BCUT2D eigenvalue weighted by molar-refractivity contribution is 5.82. The lowest BCUT2D eigenvalue weighted by Gasteiger charge is -2.31. The second-order valence-electron chi connectivity index (χ2n) is 6.85. The molecular weight excluding hydrogens is 268 g/mol. The van der Waals surface area contributed by atoms with Gasteiger partial charge in [0.05, 0.1) is 12.0 Å². The molecule has 0 aromatic heterocycles. The van der Waals surface area contributed by atoms with Crippen molar-refractivity contribution in [2.75, 3.05) is 6.54 Å². The lowest BCUT2D eigenvalue weighted by atomic mass is 9.79. The molecule has 1 rings (SSSR count). The zero-order valence-corrected chi connectivity index (χ0v) is 13.7. The molecule has 0 heterocycles. The Bertz CT molecular complexity index is 369. The predicted octanol–water partition coefficient (Wildman–Crippen LogP) is 2.16. The molecule has 0 aliphatic heterocycles. The Labute approximate surface area is 127 Å². The molecule has 5 heteroatoms. The highest BCUT2D eigenvalue weighted by Crippen LogP contribution is 2.29. The molecule has 0 aromatic rings. The van der Waals surface area contributed by atoms with Crippen molar-refractivity contribution in [2.24, 2.45) is 11.8 Å². The Morgan fingerprint density at radius 2 is 1.90 bits per heavy atom. The zero-order chi connectivity index (χ0) is 16.0. The van der Waals surface area contributed by atoms with Crippen LogP contribution in [0, 0.1) is 11.8 Å². The van der Waals surface area contributed by atoms with Crippen LogP contribution >= 0.6 is 0 Å². The van der Waals surface area contributed by atoms with E-state index in [9.17, 15) is 14.7 Å². The number of hydrogen-bond acceptors (Lipinski definition) is 3. The van der Waals surface area contributed by atoms with Crippen LogP contribution in [-0.2, 0) is 9.59 Å². The van der Waals surface area contributed by atoms with Crippen LogP contribution in [0.1, 0.15) is 59.8 Å². The van der Waals surface area contributed by atoms with E-state index in [0.29, 0.717) is 6.54 Å². The van der Waals surface area contributed by atoms with E-state index < -0.39 is 5.97 Å². The Morgan fingerprint density at radius 1 is 1.29 bits per heavy atom. The molecule has 0 radical (unpaired) electrons. The topological polar surface area (TPSA) is 78.4 Å². The summed E-state index contributed by atoms with van der Waals surface area (Å²) in [6, 6.07) is -0.299. The first-order chi connectivity index (χ1) is 9.76. The highest BCUT2D eigenvalue weighted by atomic mass is 16.4. The third kappa shape index (κ3) is 5.65. The fraction of sp³-hybridized carbons (Fsp3) is 0.875. The summed E-state index contributed by atoms with van der Waals surface area (Å²) in [5.74, 6) is -0.866. The van der Waals surface area contributed by atoms with Gasteiger partial charge in [0.25, 0.3) is 0 Å². The Balaban J connectivity index is 2.45. The molecule has 122 valence electrons. The van der Waals surface area contributed by atoms with Gasteiger partial charge in [0.1, 0.15) is 0 Å². The van der Waals surface area contributed by atoms with Crippen LogP contribution in [0.4, 0.5) is 0 Å². The molecule has 0 aromatic carbocycles. The van der Waals surface area contributed by atoms with E-state index >= 15 is 0 Å². The molecule has 1 fully saturated rings. The first kappa shape index (κ1) is 18.0. The third-order valence-electron chi connectivity index (χ3n) is 4.65. The van der Waals surface area contributed by atoms with Gasteiger partial charge in [-0.05, 0) is 52.5 Å². The van der Waals surface area contributed by atoms with Crippen LogP contribution in [0.2, 0.25) is 0 Å². The van der Waals surface area contributed by atoms with E-state index in [1.807, 2.05) is 27.7 Å². The van der Waals surface area contributed by atoms with Crippen LogP contribution < -0.4 is 10.6 Å². The lowest BCUT2D eigenvalue weighted by molar-refractivity contribution is -0.144. The number of carboxylic acid groups (broad SMARTS) is 1. The van der Waals surface area contributed by atoms with E-state index in [1.165, 1.54) is 0 Å². The van der Waals surface area contributed by atoms with E-state index in [-0.39, 0.29) is 29.3 Å². The number of amides is 1. The van der Waals surface area contributed by atoms with Crippen LogP contribution in [-0.4, -0.2) is 35.1 Å². The van der Waals surface area contributed by atoms with Gasteiger partial charge in [0, 0.05) is 5.54 Å². The molecule has 3 N–H and O–H groups in total. The monoisotopic (exact) mass is 298 g/mol. The molecule has 5 nitrogen and oxygen atoms in total. The van der Waals surface area contributed by atoms with Crippen LogP contribution in [0.15, 0.2) is 0 Å². The fourth-order valence-electron chi connectivity index (χ4n) is 2.73. The van der Waals surface area contributed by atoms with Gasteiger partial charge in [-0.1, -0.05) is 19.8 Å². The van der Waals surface area contributed by atoms with Gasteiger partial charge in [0.2, 0.25) is 5.91 Å². The molecule has 21 heavy (non-hydrogen) atoms. The standard InChI is InChI=1S/C16H30N2O3/c1-5-16(3,4)18-14(19)11(2)17-10-12-8-6-7-9-13(12)15(20)21/h11-13,17H,5-10H2,1-4H3,(H,18,19)(H,20,21). The highest BCUT2D eigenvalue weighted by Gasteiger charge is 2.31. The molecule has 0 saturated heterocycles. The smallest absolute Gasteiger partial charge is 0.306 e. The van der Waals surface area contributed by atoms with Crippen molar-refractivity contribution >= 4 is 11.9 Å². The zero-order valence-electron chi connectivity index (χ0n) is 13.7. The number of carboxylic acids is 1. The van der Waals surface area contributed by atoms with Crippen molar-refractivity contribution in [1.82, 2.24) is 10.6 Å². The molecule has 1 saturated carbocycles. The summed E-state index contributed by atoms with van der Waals surface area (Å²) in [7, 11) is 0. The predicted molar refractivity (Wildman–Crippen MR) is 83.1 cm³/mol. The molecule has 0 spiro atoms. The number of hydrogen-bond donors (Lipinski definition) is 3. The van der Waals surface area contributed by atoms with E-state index in [4.69, 9.17) is 0 Å². The van der Waals surface area contributed by atoms with E-state index in [1.54, 1.807) is 0 Å². The average molecular weight is 298 g/mol. The Kier molecular flexibility index (Phi) is 6.65. The summed E-state index contributed by atoms with van der Waals surface area (Å²) in [5, 5.41) is 15.5. The van der Waals surface area contributed by atoms with Gasteiger partial charge < -0.3 is 15.7 Å². The summed E-state index contributed by atoms with van der Waals surface area (Å²) in [6.07, 6.45) is 4.63. The maximum atomic E-state index is 12.1. The molecule has 1 amide bonds. The SMILES string of the molecule is CCC(C)(C)NC(=O)C(C)NCC1CCCCC1C(=O)O. The van der Waals surface area contributed by atoms with Crippen molar-refractivity contribution in [2.45, 2.75) is 71.4 Å². The van der Waals surface area contributed by atoms with Crippen LogP contribution in [0.3, 0.4) is 0 Å². The number of carbonyl (C=O) groups excluding carboxylic acids is 1. The fourth-order valence-corrected chi connectivity index (χ4v) is 2.73. The molecule has 3 atom stereocenters. The summed E-state index contributed by atoms with van der Waals surface area (Å²) >= 11 is 0. The molecule has 3 unspecified atom stereocenters. The first-order valence-corrected chi connectivity index (χ1v) is 8.05. The quantitative estimate of drug-likeness (QED) is 0.673. The Morgan fingerprint density at radius 3 is 2.48 bits per heavy atom. The minimum Gasteiger partial charge on any atom is -0.481 e. The van der Waals surface area contributed by atoms with Crippen molar-refractivity contribution in [3.63, 3.8) is 0 Å². The lowest BCUT2D eigenvalue weighted by Crippen LogP contribution is -2.51. The molecular formula is C16H30N2O3. The van der Waals surface area contributed by atoms with Gasteiger partial charge in [-0.3, -0.25) is 9.59 Å². The number of aliphatic carboxylic acids is 1. The van der Waals surface area contributed by atoms with Gasteiger partial charge in [-0.2, -0.15) is 0 Å².